The van der Waals surface area contributed by atoms with Crippen molar-refractivity contribution in [3.05, 3.63) is 17.5 Å². The number of aromatic nitrogens is 2. The summed E-state index contributed by atoms with van der Waals surface area (Å²) < 4.78 is 5.18. The first-order chi connectivity index (χ1) is 12.7. The third-order valence-corrected chi connectivity index (χ3v) is 5.61. The molecule has 2 saturated heterocycles. The van der Waals surface area contributed by atoms with Gasteiger partial charge in [-0.05, 0) is 58.3 Å². The topological polar surface area (TPSA) is 58.6 Å². The highest BCUT2D eigenvalue weighted by atomic mass is 16.5. The van der Waals surface area contributed by atoms with E-state index >= 15 is 0 Å². The van der Waals surface area contributed by atoms with Gasteiger partial charge in [0.2, 0.25) is 5.95 Å². The van der Waals surface area contributed by atoms with Crippen LogP contribution in [0, 0.1) is 6.92 Å². The molecule has 0 bridgehead atoms. The van der Waals surface area contributed by atoms with Crippen LogP contribution < -0.4 is 4.90 Å². The SMILES string of the molecule is COCCC[C@H]1CCCCN1C(=O)c1cnc(N2CCCCC2)nc1C. The second kappa shape index (κ2) is 9.31. The molecule has 1 atom stereocenters. The van der Waals surface area contributed by atoms with Crippen LogP contribution in [-0.4, -0.2) is 60.2 Å². The first-order valence-electron chi connectivity index (χ1n) is 10.1. The van der Waals surface area contributed by atoms with Crippen LogP contribution in [0.15, 0.2) is 6.20 Å². The van der Waals surface area contributed by atoms with Gasteiger partial charge in [0.05, 0.1) is 11.3 Å². The summed E-state index contributed by atoms with van der Waals surface area (Å²) in [7, 11) is 1.73. The molecule has 1 aromatic heterocycles. The molecule has 0 saturated carbocycles. The summed E-state index contributed by atoms with van der Waals surface area (Å²) in [5.74, 6) is 0.865. The van der Waals surface area contributed by atoms with Crippen LogP contribution in [0.3, 0.4) is 0 Å². The first kappa shape index (κ1) is 19.1. The zero-order valence-corrected chi connectivity index (χ0v) is 16.2. The molecule has 0 aliphatic carbocycles. The number of piperidine rings is 2. The minimum atomic E-state index is 0.0924. The van der Waals surface area contributed by atoms with E-state index < -0.39 is 0 Å². The molecule has 1 aromatic rings. The Morgan fingerprint density at radius 1 is 1.19 bits per heavy atom. The van der Waals surface area contributed by atoms with Gasteiger partial charge in [-0.25, -0.2) is 9.97 Å². The Balaban J connectivity index is 1.71. The van der Waals surface area contributed by atoms with Crippen LogP contribution in [0.2, 0.25) is 0 Å². The van der Waals surface area contributed by atoms with E-state index in [9.17, 15) is 4.79 Å². The Hall–Kier alpha value is -1.69. The van der Waals surface area contributed by atoms with E-state index in [0.29, 0.717) is 11.6 Å². The summed E-state index contributed by atoms with van der Waals surface area (Å²) in [6.45, 7) is 5.56. The molecule has 2 aliphatic heterocycles. The van der Waals surface area contributed by atoms with E-state index in [1.165, 1.54) is 25.7 Å². The molecule has 0 radical (unpaired) electrons. The molecule has 3 heterocycles. The Kier molecular flexibility index (Phi) is 6.83. The lowest BCUT2D eigenvalue weighted by Crippen LogP contribution is -2.44. The quantitative estimate of drug-likeness (QED) is 0.729. The van der Waals surface area contributed by atoms with Crippen molar-refractivity contribution in [2.75, 3.05) is 38.3 Å². The molecule has 26 heavy (non-hydrogen) atoms. The number of carbonyl (C=O) groups excluding carboxylic acids is 1. The number of amides is 1. The molecule has 0 unspecified atom stereocenters. The largest absolute Gasteiger partial charge is 0.385 e. The molecule has 1 amide bonds. The number of methoxy groups -OCH3 is 1. The number of hydrogen-bond donors (Lipinski definition) is 0. The number of ether oxygens (including phenoxy) is 1. The lowest BCUT2D eigenvalue weighted by atomic mass is 9.97. The number of likely N-dealkylation sites (tertiary alicyclic amines) is 1. The highest BCUT2D eigenvalue weighted by Gasteiger charge is 2.28. The summed E-state index contributed by atoms with van der Waals surface area (Å²) in [4.78, 5) is 26.6. The van der Waals surface area contributed by atoms with Crippen LogP contribution in [0.1, 0.15) is 67.4 Å². The van der Waals surface area contributed by atoms with Gasteiger partial charge in [-0.1, -0.05) is 0 Å². The second-order valence-electron chi connectivity index (χ2n) is 7.50. The molecule has 144 valence electrons. The van der Waals surface area contributed by atoms with E-state index in [4.69, 9.17) is 4.74 Å². The minimum Gasteiger partial charge on any atom is -0.385 e. The predicted molar refractivity (Wildman–Crippen MR) is 103 cm³/mol. The van der Waals surface area contributed by atoms with Gasteiger partial charge in [-0.3, -0.25) is 4.79 Å². The minimum absolute atomic E-state index is 0.0924. The van der Waals surface area contributed by atoms with Crippen molar-refractivity contribution in [3.8, 4) is 0 Å². The maximum Gasteiger partial charge on any atom is 0.257 e. The van der Waals surface area contributed by atoms with Crippen molar-refractivity contribution in [1.29, 1.82) is 0 Å². The van der Waals surface area contributed by atoms with Crippen molar-refractivity contribution < 1.29 is 9.53 Å². The van der Waals surface area contributed by atoms with Gasteiger partial charge in [0.15, 0.2) is 0 Å². The molecule has 6 heteroatoms. The molecule has 0 aromatic carbocycles. The fourth-order valence-corrected chi connectivity index (χ4v) is 4.10. The fraction of sp³-hybridized carbons (Fsp3) is 0.750. The fourth-order valence-electron chi connectivity index (χ4n) is 4.10. The van der Waals surface area contributed by atoms with Gasteiger partial charge in [0, 0.05) is 45.6 Å². The van der Waals surface area contributed by atoms with E-state index in [1.54, 1.807) is 13.3 Å². The van der Waals surface area contributed by atoms with Crippen LogP contribution in [0.4, 0.5) is 5.95 Å². The second-order valence-corrected chi connectivity index (χ2v) is 7.50. The first-order valence-corrected chi connectivity index (χ1v) is 10.1. The van der Waals surface area contributed by atoms with Gasteiger partial charge < -0.3 is 14.5 Å². The average molecular weight is 361 g/mol. The van der Waals surface area contributed by atoms with Crippen LogP contribution in [-0.2, 0) is 4.74 Å². The standard InChI is InChI=1S/C20H32N4O2/c1-16-18(15-21-20(22-16)23-11-5-3-6-12-23)19(25)24-13-7-4-9-17(24)10-8-14-26-2/h15,17H,3-14H2,1-2H3/t17-/m1/s1. The summed E-state index contributed by atoms with van der Waals surface area (Å²) in [6.07, 6.45) is 10.8. The van der Waals surface area contributed by atoms with Gasteiger partial charge in [-0.2, -0.15) is 0 Å². The lowest BCUT2D eigenvalue weighted by molar-refractivity contribution is 0.0583. The van der Waals surface area contributed by atoms with Crippen molar-refractivity contribution in [1.82, 2.24) is 14.9 Å². The average Bonchev–Trinajstić information content (AvgIpc) is 2.69. The van der Waals surface area contributed by atoms with E-state index in [0.717, 1.165) is 63.6 Å². The Morgan fingerprint density at radius 3 is 2.69 bits per heavy atom. The zero-order chi connectivity index (χ0) is 18.4. The van der Waals surface area contributed by atoms with Crippen LogP contribution in [0.5, 0.6) is 0 Å². The molecule has 2 aliphatic rings. The van der Waals surface area contributed by atoms with E-state index in [2.05, 4.69) is 14.9 Å². The van der Waals surface area contributed by atoms with E-state index in [1.807, 2.05) is 11.8 Å². The maximum atomic E-state index is 13.2. The maximum absolute atomic E-state index is 13.2. The summed E-state index contributed by atoms with van der Waals surface area (Å²) in [5, 5.41) is 0. The lowest BCUT2D eigenvalue weighted by Gasteiger charge is -2.36. The van der Waals surface area contributed by atoms with Crippen molar-refractivity contribution in [3.63, 3.8) is 0 Å². The van der Waals surface area contributed by atoms with Gasteiger partial charge in [0.25, 0.3) is 5.91 Å². The Bertz CT molecular complexity index is 601. The highest BCUT2D eigenvalue weighted by Crippen LogP contribution is 2.24. The molecule has 2 fully saturated rings. The third kappa shape index (κ3) is 4.53. The number of aryl methyl sites for hydroxylation is 1. The van der Waals surface area contributed by atoms with Gasteiger partial charge in [-0.15, -0.1) is 0 Å². The number of nitrogens with zero attached hydrogens (tertiary/aromatic N) is 4. The highest BCUT2D eigenvalue weighted by molar-refractivity contribution is 5.95. The smallest absolute Gasteiger partial charge is 0.257 e. The normalized spacial score (nSPS) is 21.1. The predicted octanol–water partition coefficient (Wildman–Crippen LogP) is 3.20. The van der Waals surface area contributed by atoms with Crippen molar-refractivity contribution in [2.24, 2.45) is 0 Å². The van der Waals surface area contributed by atoms with Crippen molar-refractivity contribution in [2.45, 2.75) is 64.3 Å². The molecule has 3 rings (SSSR count). The molecular weight excluding hydrogens is 328 g/mol. The van der Waals surface area contributed by atoms with Gasteiger partial charge in [0.1, 0.15) is 0 Å². The number of hydrogen-bond acceptors (Lipinski definition) is 5. The van der Waals surface area contributed by atoms with Gasteiger partial charge >= 0.3 is 0 Å². The summed E-state index contributed by atoms with van der Waals surface area (Å²) in [6, 6.07) is 0.313. The molecule has 0 N–H and O–H groups in total. The molecule has 6 nitrogen and oxygen atoms in total. The number of anilines is 1. The summed E-state index contributed by atoms with van der Waals surface area (Å²) >= 11 is 0. The monoisotopic (exact) mass is 360 g/mol. The van der Waals surface area contributed by atoms with Crippen LogP contribution in [0.25, 0.3) is 0 Å². The molecular formula is C20H32N4O2. The molecule has 0 spiro atoms. The summed E-state index contributed by atoms with van der Waals surface area (Å²) in [5.41, 5.74) is 1.45. The number of carbonyl (C=O) groups is 1. The van der Waals surface area contributed by atoms with Crippen molar-refractivity contribution >= 4 is 11.9 Å². The third-order valence-electron chi connectivity index (χ3n) is 5.61. The van der Waals surface area contributed by atoms with E-state index in [-0.39, 0.29) is 5.91 Å². The zero-order valence-electron chi connectivity index (χ0n) is 16.2. The van der Waals surface area contributed by atoms with Crippen LogP contribution >= 0.6 is 0 Å². The Labute approximate surface area is 156 Å². The number of rotatable bonds is 6. The Morgan fingerprint density at radius 2 is 1.96 bits per heavy atom.